The first-order chi connectivity index (χ1) is 15.0. The van der Waals surface area contributed by atoms with Gasteiger partial charge in [0.05, 0.1) is 5.92 Å². The zero-order valence-electron chi connectivity index (χ0n) is 16.8. The van der Waals surface area contributed by atoms with E-state index >= 15 is 0 Å². The van der Waals surface area contributed by atoms with E-state index in [0.717, 1.165) is 22.3 Å². The van der Waals surface area contributed by atoms with Crippen LogP contribution in [0.25, 0.3) is 11.1 Å². The molecule has 0 aromatic heterocycles. The van der Waals surface area contributed by atoms with E-state index in [1.165, 1.54) is 6.07 Å². The number of amides is 1. The van der Waals surface area contributed by atoms with Crippen LogP contribution in [-0.2, 0) is 16.0 Å². The number of ether oxygens (including phenoxy) is 1. The predicted octanol–water partition coefficient (Wildman–Crippen LogP) is 4.17. The summed E-state index contributed by atoms with van der Waals surface area (Å²) in [5.41, 5.74) is 5.02. The van der Waals surface area contributed by atoms with Crippen molar-refractivity contribution in [1.82, 2.24) is 5.32 Å². The van der Waals surface area contributed by atoms with Gasteiger partial charge in [-0.2, -0.15) is 0 Å². The van der Waals surface area contributed by atoms with Crippen LogP contribution in [0.15, 0.2) is 72.8 Å². The largest absolute Gasteiger partial charge is 0.508 e. The molecule has 0 aliphatic heterocycles. The Hall–Kier alpha value is -3.80. The van der Waals surface area contributed by atoms with Crippen molar-refractivity contribution in [3.8, 4) is 16.9 Å². The molecule has 1 aliphatic carbocycles. The van der Waals surface area contributed by atoms with E-state index in [-0.39, 0.29) is 31.2 Å². The van der Waals surface area contributed by atoms with Crippen LogP contribution in [0.5, 0.6) is 5.75 Å². The molecule has 0 spiro atoms. The third-order valence-electron chi connectivity index (χ3n) is 5.64. The number of hydrogen-bond acceptors (Lipinski definition) is 4. The summed E-state index contributed by atoms with van der Waals surface area (Å²) in [6, 6.07) is 22.7. The van der Waals surface area contributed by atoms with Crippen LogP contribution >= 0.6 is 0 Å². The Bertz CT molecular complexity index is 1060. The second-order valence-corrected chi connectivity index (χ2v) is 7.57. The molecule has 3 aromatic carbocycles. The summed E-state index contributed by atoms with van der Waals surface area (Å²) in [4.78, 5) is 23.9. The molecule has 0 fully saturated rings. The molecule has 0 unspecified atom stereocenters. The number of aliphatic carboxylic acids is 1. The number of alkyl carbamates (subject to hydrolysis) is 1. The highest BCUT2D eigenvalue weighted by atomic mass is 16.5. The Labute approximate surface area is 180 Å². The summed E-state index contributed by atoms with van der Waals surface area (Å²) in [5, 5.41) is 21.9. The molecule has 3 aromatic rings. The van der Waals surface area contributed by atoms with E-state index in [1.54, 1.807) is 18.2 Å². The van der Waals surface area contributed by atoms with Gasteiger partial charge in [-0.05, 0) is 40.3 Å². The number of phenolic OH excluding ortho intramolecular Hbond substituents is 1. The van der Waals surface area contributed by atoms with Gasteiger partial charge in [-0.3, -0.25) is 4.79 Å². The number of hydrogen-bond donors (Lipinski definition) is 3. The van der Waals surface area contributed by atoms with Crippen molar-refractivity contribution < 1.29 is 24.5 Å². The minimum Gasteiger partial charge on any atom is -0.508 e. The van der Waals surface area contributed by atoms with Crippen LogP contribution in [0.1, 0.15) is 22.6 Å². The molecule has 1 amide bonds. The average molecular weight is 417 g/mol. The fourth-order valence-corrected chi connectivity index (χ4v) is 4.05. The molecular weight excluding hydrogens is 394 g/mol. The van der Waals surface area contributed by atoms with Gasteiger partial charge in [0.15, 0.2) is 0 Å². The van der Waals surface area contributed by atoms with Gasteiger partial charge in [-0.1, -0.05) is 66.7 Å². The first kappa shape index (κ1) is 20.5. The van der Waals surface area contributed by atoms with E-state index in [4.69, 9.17) is 4.74 Å². The third-order valence-corrected chi connectivity index (χ3v) is 5.64. The SMILES string of the molecule is O=C(NC[C@H](Cc1ccccc1O)C(=O)O)OCC1c2ccccc2-c2ccccc21. The maximum atomic E-state index is 12.3. The molecular formula is C25H23NO5. The predicted molar refractivity (Wildman–Crippen MR) is 116 cm³/mol. The summed E-state index contributed by atoms with van der Waals surface area (Å²) in [6.07, 6.45) is -0.559. The van der Waals surface area contributed by atoms with E-state index in [2.05, 4.69) is 17.4 Å². The van der Waals surface area contributed by atoms with Crippen LogP contribution < -0.4 is 5.32 Å². The van der Waals surface area contributed by atoms with Crippen molar-refractivity contribution in [2.24, 2.45) is 5.92 Å². The third kappa shape index (κ3) is 4.38. The summed E-state index contributed by atoms with van der Waals surface area (Å²) in [5.74, 6) is -1.96. The van der Waals surface area contributed by atoms with E-state index < -0.39 is 18.0 Å². The van der Waals surface area contributed by atoms with Crippen molar-refractivity contribution in [2.45, 2.75) is 12.3 Å². The molecule has 3 N–H and O–H groups in total. The molecule has 1 atom stereocenters. The number of fused-ring (bicyclic) bond motifs is 3. The summed E-state index contributed by atoms with van der Waals surface area (Å²) in [6.45, 7) is 0.0669. The fraction of sp³-hybridized carbons (Fsp3) is 0.200. The van der Waals surface area contributed by atoms with Crippen LogP contribution in [0.2, 0.25) is 0 Å². The van der Waals surface area contributed by atoms with Crippen LogP contribution in [0.3, 0.4) is 0 Å². The van der Waals surface area contributed by atoms with Gasteiger partial charge in [-0.25, -0.2) is 4.79 Å². The van der Waals surface area contributed by atoms with E-state index in [0.29, 0.717) is 5.56 Å². The van der Waals surface area contributed by atoms with Gasteiger partial charge in [0, 0.05) is 12.5 Å². The van der Waals surface area contributed by atoms with E-state index in [9.17, 15) is 19.8 Å². The molecule has 0 heterocycles. The Morgan fingerprint density at radius 3 is 2.10 bits per heavy atom. The Morgan fingerprint density at radius 1 is 0.903 bits per heavy atom. The van der Waals surface area contributed by atoms with Gasteiger partial charge < -0.3 is 20.3 Å². The number of carboxylic acids is 1. The van der Waals surface area contributed by atoms with Crippen molar-refractivity contribution in [3.05, 3.63) is 89.5 Å². The van der Waals surface area contributed by atoms with E-state index in [1.807, 2.05) is 36.4 Å². The minimum atomic E-state index is -1.05. The maximum Gasteiger partial charge on any atom is 0.407 e. The highest BCUT2D eigenvalue weighted by Gasteiger charge is 2.29. The lowest BCUT2D eigenvalue weighted by Gasteiger charge is -2.17. The molecule has 0 radical (unpaired) electrons. The topological polar surface area (TPSA) is 95.9 Å². The lowest BCUT2D eigenvalue weighted by atomic mass is 9.98. The van der Waals surface area contributed by atoms with Crippen LogP contribution in [0, 0.1) is 5.92 Å². The molecule has 31 heavy (non-hydrogen) atoms. The number of rotatable bonds is 7. The number of phenols is 1. The molecule has 6 nitrogen and oxygen atoms in total. The van der Waals surface area contributed by atoms with Crippen molar-refractivity contribution in [3.63, 3.8) is 0 Å². The highest BCUT2D eigenvalue weighted by Crippen LogP contribution is 2.44. The second kappa shape index (κ2) is 8.92. The molecule has 0 saturated carbocycles. The molecule has 0 bridgehead atoms. The summed E-state index contributed by atoms with van der Waals surface area (Å²) in [7, 11) is 0. The monoisotopic (exact) mass is 417 g/mol. The average Bonchev–Trinajstić information content (AvgIpc) is 3.10. The number of para-hydroxylation sites is 1. The quantitative estimate of drug-likeness (QED) is 0.536. The number of aromatic hydroxyl groups is 1. The summed E-state index contributed by atoms with van der Waals surface area (Å²) < 4.78 is 5.45. The Kier molecular flexibility index (Phi) is 5.89. The van der Waals surface area contributed by atoms with Crippen LogP contribution in [0.4, 0.5) is 4.79 Å². The summed E-state index contributed by atoms with van der Waals surface area (Å²) >= 11 is 0. The molecule has 6 heteroatoms. The normalized spacial score (nSPS) is 13.2. The minimum absolute atomic E-state index is 0.0369. The van der Waals surface area contributed by atoms with Gasteiger partial charge in [0.25, 0.3) is 0 Å². The standard InChI is InChI=1S/C25H23NO5/c27-23-12-6-1-7-16(23)13-17(24(28)29)14-26-25(30)31-15-22-20-10-4-2-8-18(20)19-9-3-5-11-21(19)22/h1-12,17,22,27H,13-15H2,(H,26,30)(H,28,29)/t17-/m0/s1. The van der Waals surface area contributed by atoms with Crippen molar-refractivity contribution in [1.29, 1.82) is 0 Å². The lowest BCUT2D eigenvalue weighted by Crippen LogP contribution is -2.35. The van der Waals surface area contributed by atoms with Gasteiger partial charge in [-0.15, -0.1) is 0 Å². The number of nitrogens with one attached hydrogen (secondary N) is 1. The van der Waals surface area contributed by atoms with Crippen molar-refractivity contribution in [2.75, 3.05) is 13.2 Å². The first-order valence-corrected chi connectivity index (χ1v) is 10.1. The van der Waals surface area contributed by atoms with Crippen LogP contribution in [-0.4, -0.2) is 35.4 Å². The fourth-order valence-electron chi connectivity index (χ4n) is 4.05. The highest BCUT2D eigenvalue weighted by molar-refractivity contribution is 5.79. The van der Waals surface area contributed by atoms with Crippen molar-refractivity contribution >= 4 is 12.1 Å². The second-order valence-electron chi connectivity index (χ2n) is 7.57. The Balaban J connectivity index is 1.37. The van der Waals surface area contributed by atoms with Gasteiger partial charge in [0.1, 0.15) is 12.4 Å². The molecule has 158 valence electrons. The van der Waals surface area contributed by atoms with Gasteiger partial charge in [0.2, 0.25) is 0 Å². The number of carbonyl (C=O) groups excluding carboxylic acids is 1. The zero-order valence-corrected chi connectivity index (χ0v) is 16.8. The lowest BCUT2D eigenvalue weighted by molar-refractivity contribution is -0.141. The number of carbonyl (C=O) groups is 2. The first-order valence-electron chi connectivity index (χ1n) is 10.1. The smallest absolute Gasteiger partial charge is 0.407 e. The molecule has 1 aliphatic rings. The molecule has 0 saturated heterocycles. The maximum absolute atomic E-state index is 12.3. The van der Waals surface area contributed by atoms with Gasteiger partial charge >= 0.3 is 12.1 Å². The Morgan fingerprint density at radius 2 is 1.48 bits per heavy atom. The zero-order chi connectivity index (χ0) is 21.8. The number of carboxylic acid groups (broad SMARTS) is 1. The molecule has 4 rings (SSSR count). The number of benzene rings is 3.